The van der Waals surface area contributed by atoms with Crippen LogP contribution in [0.5, 0.6) is 6.01 Å². The molecule has 0 atom stereocenters. The molecule has 0 saturated carbocycles. The van der Waals surface area contributed by atoms with Gasteiger partial charge in [0.2, 0.25) is 0 Å². The molecule has 6 nitrogen and oxygen atoms in total. The van der Waals surface area contributed by atoms with Crippen molar-refractivity contribution in [2.24, 2.45) is 0 Å². The molecule has 0 aliphatic heterocycles. The molecule has 0 bridgehead atoms. The Balaban J connectivity index is 2.51. The quantitative estimate of drug-likeness (QED) is 0.690. The third-order valence-electron chi connectivity index (χ3n) is 1.80. The Bertz CT molecular complexity index is 509. The summed E-state index contributed by atoms with van der Waals surface area (Å²) in [4.78, 5) is 22.8. The van der Waals surface area contributed by atoms with E-state index in [1.807, 2.05) is 0 Å². The average Bonchev–Trinajstić information content (AvgIpc) is 2.30. The molecule has 0 aliphatic carbocycles. The van der Waals surface area contributed by atoms with Crippen molar-refractivity contribution in [2.75, 3.05) is 7.11 Å². The van der Waals surface area contributed by atoms with E-state index in [0.717, 1.165) is 0 Å². The van der Waals surface area contributed by atoms with Gasteiger partial charge in [-0.2, -0.15) is 4.98 Å². The third kappa shape index (κ3) is 1.83. The summed E-state index contributed by atoms with van der Waals surface area (Å²) < 4.78 is 6.05. The highest BCUT2D eigenvalue weighted by molar-refractivity contribution is 5.27. The van der Waals surface area contributed by atoms with Crippen LogP contribution in [0.3, 0.4) is 0 Å². The predicted molar refractivity (Wildman–Crippen MR) is 52.0 cm³/mol. The summed E-state index contributed by atoms with van der Waals surface area (Å²) in [5.41, 5.74) is 0.228. The highest BCUT2D eigenvalue weighted by Gasteiger charge is 2.02. The van der Waals surface area contributed by atoms with Crippen molar-refractivity contribution in [1.82, 2.24) is 19.5 Å². The smallest absolute Gasteiger partial charge is 0.358 e. The fraction of sp³-hybridized carbons (Fsp3) is 0.111. The molecule has 0 aliphatic rings. The van der Waals surface area contributed by atoms with Gasteiger partial charge in [0, 0.05) is 12.4 Å². The molecule has 0 radical (unpaired) electrons. The highest BCUT2D eigenvalue weighted by atomic mass is 16.5. The molecule has 0 spiro atoms. The van der Waals surface area contributed by atoms with E-state index in [-0.39, 0.29) is 6.01 Å². The van der Waals surface area contributed by atoms with Gasteiger partial charge in [0.25, 0.3) is 0 Å². The maximum absolute atomic E-state index is 11.5. The first kappa shape index (κ1) is 9.32. The van der Waals surface area contributed by atoms with Gasteiger partial charge < -0.3 is 4.74 Å². The lowest BCUT2D eigenvalue weighted by atomic mass is 10.4. The monoisotopic (exact) mass is 204 g/mol. The van der Waals surface area contributed by atoms with Crippen molar-refractivity contribution in [2.45, 2.75) is 0 Å². The van der Waals surface area contributed by atoms with E-state index < -0.39 is 5.69 Å². The minimum absolute atomic E-state index is 0.0605. The molecule has 0 fully saturated rings. The first-order chi connectivity index (χ1) is 7.31. The lowest BCUT2D eigenvalue weighted by Gasteiger charge is -2.03. The van der Waals surface area contributed by atoms with Gasteiger partial charge in [-0.05, 0) is 12.1 Å². The number of hydrogen-bond acceptors (Lipinski definition) is 5. The van der Waals surface area contributed by atoms with Gasteiger partial charge in [0.05, 0.1) is 12.8 Å². The van der Waals surface area contributed by atoms with Crippen LogP contribution in [0.25, 0.3) is 5.69 Å². The van der Waals surface area contributed by atoms with E-state index in [2.05, 4.69) is 15.0 Å². The van der Waals surface area contributed by atoms with E-state index in [1.165, 1.54) is 18.0 Å². The number of pyridine rings is 1. The van der Waals surface area contributed by atoms with Crippen LogP contribution >= 0.6 is 0 Å². The maximum atomic E-state index is 11.5. The Morgan fingerprint density at radius 3 is 2.67 bits per heavy atom. The zero-order valence-corrected chi connectivity index (χ0v) is 7.99. The standard InChI is InChI=1S/C9H8N4O2/c1-15-8-11-6-13(9(14)12-8)7-2-4-10-5-3-7/h2-6H,1H3. The number of aromatic nitrogens is 4. The summed E-state index contributed by atoms with van der Waals surface area (Å²) in [7, 11) is 1.41. The number of nitrogens with zero attached hydrogens (tertiary/aromatic N) is 4. The molecular weight excluding hydrogens is 196 g/mol. The maximum Gasteiger partial charge on any atom is 0.358 e. The molecule has 0 aromatic carbocycles. The number of ether oxygens (including phenoxy) is 1. The second-order valence-electron chi connectivity index (χ2n) is 2.70. The number of rotatable bonds is 2. The van der Waals surface area contributed by atoms with Crippen LogP contribution in [-0.2, 0) is 0 Å². The second kappa shape index (κ2) is 3.87. The summed E-state index contributed by atoms with van der Waals surface area (Å²) in [5.74, 6) is 0. The van der Waals surface area contributed by atoms with Crippen LogP contribution in [0.4, 0.5) is 0 Å². The highest BCUT2D eigenvalue weighted by Crippen LogP contribution is 2.01. The van der Waals surface area contributed by atoms with Gasteiger partial charge in [-0.1, -0.05) is 0 Å². The molecular formula is C9H8N4O2. The molecule has 2 heterocycles. The summed E-state index contributed by atoms with van der Waals surface area (Å²) in [5, 5.41) is 0. The molecule has 15 heavy (non-hydrogen) atoms. The van der Waals surface area contributed by atoms with Gasteiger partial charge >= 0.3 is 11.7 Å². The summed E-state index contributed by atoms with van der Waals surface area (Å²) in [6.45, 7) is 0. The Morgan fingerprint density at radius 1 is 1.33 bits per heavy atom. The van der Waals surface area contributed by atoms with Gasteiger partial charge in [-0.3, -0.25) is 9.55 Å². The molecule has 0 unspecified atom stereocenters. The SMILES string of the molecule is COc1ncn(-c2ccncc2)c(=O)n1. The van der Waals surface area contributed by atoms with Crippen molar-refractivity contribution < 1.29 is 4.74 Å². The summed E-state index contributed by atoms with van der Waals surface area (Å²) >= 11 is 0. The van der Waals surface area contributed by atoms with Crippen molar-refractivity contribution >= 4 is 0 Å². The predicted octanol–water partition coefficient (Wildman–Crippen LogP) is 0.0311. The summed E-state index contributed by atoms with van der Waals surface area (Å²) in [6, 6.07) is 3.44. The fourth-order valence-electron chi connectivity index (χ4n) is 1.10. The number of hydrogen-bond donors (Lipinski definition) is 0. The normalized spacial score (nSPS) is 9.93. The second-order valence-corrected chi connectivity index (χ2v) is 2.70. The van der Waals surface area contributed by atoms with Gasteiger partial charge in [-0.25, -0.2) is 4.79 Å². The van der Waals surface area contributed by atoms with E-state index in [0.29, 0.717) is 5.69 Å². The number of methoxy groups -OCH3 is 1. The Morgan fingerprint density at radius 2 is 2.07 bits per heavy atom. The minimum Gasteiger partial charge on any atom is -0.467 e. The third-order valence-corrected chi connectivity index (χ3v) is 1.80. The van der Waals surface area contributed by atoms with Crippen LogP contribution < -0.4 is 10.4 Å². The lowest BCUT2D eigenvalue weighted by Crippen LogP contribution is -2.22. The first-order valence-electron chi connectivity index (χ1n) is 4.21. The van der Waals surface area contributed by atoms with Crippen LogP contribution in [0.2, 0.25) is 0 Å². The molecule has 2 aromatic heterocycles. The van der Waals surface area contributed by atoms with Crippen LogP contribution in [0, 0.1) is 0 Å². The molecule has 2 aromatic rings. The fourth-order valence-corrected chi connectivity index (χ4v) is 1.10. The Labute approximate surface area is 85.2 Å². The zero-order chi connectivity index (χ0) is 10.7. The molecule has 0 N–H and O–H groups in total. The van der Waals surface area contributed by atoms with Gasteiger partial charge in [0.15, 0.2) is 0 Å². The van der Waals surface area contributed by atoms with Crippen molar-refractivity contribution in [1.29, 1.82) is 0 Å². The Kier molecular flexibility index (Phi) is 2.40. The molecule has 0 saturated heterocycles. The first-order valence-corrected chi connectivity index (χ1v) is 4.21. The lowest BCUT2D eigenvalue weighted by molar-refractivity contribution is 0.374. The van der Waals surface area contributed by atoms with E-state index in [4.69, 9.17) is 4.74 Å². The zero-order valence-electron chi connectivity index (χ0n) is 7.99. The Hall–Kier alpha value is -2.24. The molecule has 0 amide bonds. The van der Waals surface area contributed by atoms with E-state index in [1.54, 1.807) is 24.5 Å². The largest absolute Gasteiger partial charge is 0.467 e. The average molecular weight is 204 g/mol. The van der Waals surface area contributed by atoms with Crippen LogP contribution in [-0.4, -0.2) is 26.6 Å². The molecule has 6 heteroatoms. The summed E-state index contributed by atoms with van der Waals surface area (Å²) in [6.07, 6.45) is 4.54. The van der Waals surface area contributed by atoms with E-state index >= 15 is 0 Å². The molecule has 76 valence electrons. The van der Waals surface area contributed by atoms with Crippen molar-refractivity contribution in [3.63, 3.8) is 0 Å². The van der Waals surface area contributed by atoms with E-state index in [9.17, 15) is 4.79 Å². The minimum atomic E-state index is -0.437. The van der Waals surface area contributed by atoms with Gasteiger partial charge in [0.1, 0.15) is 6.33 Å². The van der Waals surface area contributed by atoms with Crippen molar-refractivity contribution in [3.05, 3.63) is 41.3 Å². The van der Waals surface area contributed by atoms with Crippen molar-refractivity contribution in [3.8, 4) is 11.7 Å². The van der Waals surface area contributed by atoms with Crippen LogP contribution in [0.1, 0.15) is 0 Å². The van der Waals surface area contributed by atoms with Gasteiger partial charge in [-0.15, -0.1) is 4.98 Å². The van der Waals surface area contributed by atoms with Crippen LogP contribution in [0.15, 0.2) is 35.6 Å². The molecule has 2 rings (SSSR count). The topological polar surface area (TPSA) is 69.9 Å².